The molecule has 1 rings (SSSR count). The molecule has 0 saturated carbocycles. The number of esters is 1. The van der Waals surface area contributed by atoms with Crippen molar-refractivity contribution >= 4 is 5.97 Å². The molecule has 1 aliphatic rings. The molecule has 4 N–H and O–H groups in total. The number of methoxy groups -OCH3 is 1. The van der Waals surface area contributed by atoms with Gasteiger partial charge in [0.05, 0.1) is 19.8 Å². The Morgan fingerprint density at radius 3 is 2.69 bits per heavy atom. The van der Waals surface area contributed by atoms with Crippen molar-refractivity contribution in [2.24, 2.45) is 0 Å². The zero-order chi connectivity index (χ0) is 12.3. The van der Waals surface area contributed by atoms with Gasteiger partial charge in [0.25, 0.3) is 0 Å². The molecular formula is C9H16O7. The predicted octanol–water partition coefficient (Wildman–Crippen LogP) is -2.61. The quantitative estimate of drug-likeness (QED) is 0.397. The van der Waals surface area contributed by atoms with E-state index < -0.39 is 43.1 Å². The first kappa shape index (κ1) is 13.3. The van der Waals surface area contributed by atoms with Gasteiger partial charge in [-0.05, 0) is 0 Å². The van der Waals surface area contributed by atoms with Gasteiger partial charge in [0.1, 0.15) is 18.3 Å². The molecule has 7 nitrogen and oxygen atoms in total. The number of hydrogen-bond acceptors (Lipinski definition) is 7. The minimum Gasteiger partial charge on any atom is -0.467 e. The highest BCUT2D eigenvalue weighted by Crippen LogP contribution is 2.23. The van der Waals surface area contributed by atoms with Gasteiger partial charge in [-0.2, -0.15) is 0 Å². The van der Waals surface area contributed by atoms with Crippen molar-refractivity contribution < 1.29 is 34.7 Å². The molecule has 1 aliphatic heterocycles. The van der Waals surface area contributed by atoms with Crippen molar-refractivity contribution in [2.75, 3.05) is 13.7 Å². The van der Waals surface area contributed by atoms with Crippen LogP contribution in [0.4, 0.5) is 0 Å². The molecule has 5 atom stereocenters. The highest BCUT2D eigenvalue weighted by molar-refractivity contribution is 5.74. The van der Waals surface area contributed by atoms with Gasteiger partial charge in [-0.25, -0.2) is 4.79 Å². The molecule has 0 aromatic rings. The third-order valence-corrected chi connectivity index (χ3v) is 2.54. The highest BCUT2D eigenvalue weighted by atomic mass is 16.6. The van der Waals surface area contributed by atoms with Crippen molar-refractivity contribution in [3.8, 4) is 0 Å². The van der Waals surface area contributed by atoms with Gasteiger partial charge in [0.15, 0.2) is 6.10 Å². The maximum Gasteiger partial charge on any atom is 0.335 e. The van der Waals surface area contributed by atoms with E-state index in [0.717, 1.165) is 0 Å². The molecule has 0 aliphatic carbocycles. The van der Waals surface area contributed by atoms with Gasteiger partial charge in [-0.3, -0.25) is 0 Å². The summed E-state index contributed by atoms with van der Waals surface area (Å²) in [6.45, 7) is -0.637. The van der Waals surface area contributed by atoms with Crippen molar-refractivity contribution in [1.82, 2.24) is 0 Å². The summed E-state index contributed by atoms with van der Waals surface area (Å²) >= 11 is 0. The Balaban J connectivity index is 2.72. The van der Waals surface area contributed by atoms with E-state index in [1.165, 1.54) is 7.11 Å². The molecule has 0 aromatic heterocycles. The largest absolute Gasteiger partial charge is 0.467 e. The normalized spacial score (nSPS) is 36.8. The molecule has 16 heavy (non-hydrogen) atoms. The fourth-order valence-corrected chi connectivity index (χ4v) is 1.61. The molecule has 94 valence electrons. The molecule has 1 heterocycles. The molecule has 0 aromatic carbocycles. The predicted molar refractivity (Wildman–Crippen MR) is 50.4 cm³/mol. The maximum absolute atomic E-state index is 11.2. The summed E-state index contributed by atoms with van der Waals surface area (Å²) in [6.07, 6.45) is -6.28. The first-order valence-electron chi connectivity index (χ1n) is 4.89. The lowest BCUT2D eigenvalue weighted by atomic mass is 9.95. The Labute approximate surface area is 92.2 Å². The molecule has 1 fully saturated rings. The molecule has 0 radical (unpaired) electrons. The highest BCUT2D eigenvalue weighted by Gasteiger charge is 2.43. The lowest BCUT2D eigenvalue weighted by molar-refractivity contribution is -0.213. The maximum atomic E-state index is 11.2. The molecular weight excluding hydrogens is 220 g/mol. The third kappa shape index (κ3) is 2.69. The fourth-order valence-electron chi connectivity index (χ4n) is 1.61. The van der Waals surface area contributed by atoms with Crippen LogP contribution in [0, 0.1) is 0 Å². The van der Waals surface area contributed by atoms with Gasteiger partial charge >= 0.3 is 5.97 Å². The summed E-state index contributed by atoms with van der Waals surface area (Å²) in [5, 5.41) is 37.1. The van der Waals surface area contributed by atoms with E-state index in [-0.39, 0.29) is 6.42 Å². The lowest BCUT2D eigenvalue weighted by Gasteiger charge is -2.37. The Bertz CT molecular complexity index is 244. The smallest absolute Gasteiger partial charge is 0.335 e. The zero-order valence-electron chi connectivity index (χ0n) is 8.81. The van der Waals surface area contributed by atoms with Crippen LogP contribution in [-0.2, 0) is 14.3 Å². The van der Waals surface area contributed by atoms with Crippen LogP contribution < -0.4 is 0 Å². The SMILES string of the molecule is COC(=O)[C@H]1C[C@H](O)[C@H](O)[C@@H]([C@H](O)CO)O1. The lowest BCUT2D eigenvalue weighted by Crippen LogP contribution is -2.55. The van der Waals surface area contributed by atoms with Crippen LogP contribution in [0.25, 0.3) is 0 Å². The van der Waals surface area contributed by atoms with E-state index in [2.05, 4.69) is 4.74 Å². The molecule has 0 amide bonds. The van der Waals surface area contributed by atoms with Gasteiger partial charge in [-0.15, -0.1) is 0 Å². The topological polar surface area (TPSA) is 116 Å². The standard InChI is InChI=1S/C9H16O7/c1-15-9(14)6-2-4(11)7(13)8(16-6)5(12)3-10/h4-8,10-13H,2-3H2,1H3/t4-,5+,6+,7-,8+/m0/s1. The summed E-state index contributed by atoms with van der Waals surface area (Å²) in [5.41, 5.74) is 0. The van der Waals surface area contributed by atoms with Gasteiger partial charge in [-0.1, -0.05) is 0 Å². The van der Waals surface area contributed by atoms with E-state index in [0.29, 0.717) is 0 Å². The number of ether oxygens (including phenoxy) is 2. The molecule has 0 unspecified atom stereocenters. The van der Waals surface area contributed by atoms with Gasteiger partial charge in [0, 0.05) is 6.42 Å². The number of rotatable bonds is 3. The summed E-state index contributed by atoms with van der Waals surface area (Å²) in [4.78, 5) is 11.2. The minimum atomic E-state index is -1.36. The second-order valence-corrected chi connectivity index (χ2v) is 3.66. The second kappa shape index (κ2) is 5.55. The second-order valence-electron chi connectivity index (χ2n) is 3.66. The van der Waals surface area contributed by atoms with Crippen LogP contribution in [0.15, 0.2) is 0 Å². The summed E-state index contributed by atoms with van der Waals surface area (Å²) in [5.74, 6) is -0.693. The van der Waals surface area contributed by atoms with Crippen molar-refractivity contribution in [2.45, 2.75) is 36.9 Å². The molecule has 1 saturated heterocycles. The van der Waals surface area contributed by atoms with E-state index in [1.54, 1.807) is 0 Å². The van der Waals surface area contributed by atoms with Crippen LogP contribution in [0.5, 0.6) is 0 Å². The van der Waals surface area contributed by atoms with Crippen LogP contribution in [0.2, 0.25) is 0 Å². The Kier molecular flexibility index (Phi) is 4.63. The minimum absolute atomic E-state index is 0.109. The molecule has 7 heteroatoms. The van der Waals surface area contributed by atoms with Crippen molar-refractivity contribution in [1.29, 1.82) is 0 Å². The monoisotopic (exact) mass is 236 g/mol. The van der Waals surface area contributed by atoms with Gasteiger partial charge < -0.3 is 29.9 Å². The Hall–Kier alpha value is -0.730. The Morgan fingerprint density at radius 1 is 1.56 bits per heavy atom. The van der Waals surface area contributed by atoms with Crippen LogP contribution in [-0.4, -0.2) is 70.6 Å². The number of carbonyl (C=O) groups is 1. The Morgan fingerprint density at radius 2 is 2.19 bits per heavy atom. The first-order valence-corrected chi connectivity index (χ1v) is 4.89. The van der Waals surface area contributed by atoms with E-state index >= 15 is 0 Å². The number of hydrogen-bond donors (Lipinski definition) is 4. The van der Waals surface area contributed by atoms with Crippen LogP contribution in [0.1, 0.15) is 6.42 Å². The average molecular weight is 236 g/mol. The summed E-state index contributed by atoms with van der Waals surface area (Å²) < 4.78 is 9.51. The number of carbonyl (C=O) groups excluding carboxylic acids is 1. The van der Waals surface area contributed by atoms with Crippen molar-refractivity contribution in [3.05, 3.63) is 0 Å². The summed E-state index contributed by atoms with van der Waals surface area (Å²) in [7, 11) is 1.17. The molecule has 0 spiro atoms. The van der Waals surface area contributed by atoms with Crippen LogP contribution in [0.3, 0.4) is 0 Å². The van der Waals surface area contributed by atoms with Crippen molar-refractivity contribution in [3.63, 3.8) is 0 Å². The van der Waals surface area contributed by atoms with Crippen LogP contribution >= 0.6 is 0 Å². The zero-order valence-corrected chi connectivity index (χ0v) is 8.81. The number of aliphatic hydroxyl groups excluding tert-OH is 4. The average Bonchev–Trinajstić information content (AvgIpc) is 2.30. The van der Waals surface area contributed by atoms with E-state index in [9.17, 15) is 20.1 Å². The first-order chi connectivity index (χ1) is 7.51. The van der Waals surface area contributed by atoms with E-state index in [4.69, 9.17) is 9.84 Å². The summed E-state index contributed by atoms with van der Waals surface area (Å²) in [6, 6.07) is 0. The third-order valence-electron chi connectivity index (χ3n) is 2.54. The fraction of sp³-hybridized carbons (Fsp3) is 0.889. The van der Waals surface area contributed by atoms with E-state index in [1.807, 2.05) is 0 Å². The number of aliphatic hydroxyl groups is 4. The molecule has 0 bridgehead atoms. The van der Waals surface area contributed by atoms with Gasteiger partial charge in [0.2, 0.25) is 0 Å².